The number of aliphatic imine (C=N–C) groups is 1. The molecule has 1 aliphatic heterocycles. The Balaban J connectivity index is 2.20. The smallest absolute Gasteiger partial charge is 0.274 e. The number of benzene rings is 2. The maximum absolute atomic E-state index is 13.9. The highest BCUT2D eigenvalue weighted by molar-refractivity contribution is 6.19. The fraction of sp³-hybridized carbons (Fsp3) is 0.0667. The van der Waals surface area contributed by atoms with E-state index in [1.807, 2.05) is 30.3 Å². The molecule has 0 unspecified atom stereocenters. The number of halogens is 1. The molecule has 0 bridgehead atoms. The van der Waals surface area contributed by atoms with Crippen molar-refractivity contribution in [2.24, 2.45) is 4.99 Å². The summed E-state index contributed by atoms with van der Waals surface area (Å²) in [5.41, 5.74) is 2.39. The molecule has 0 spiro atoms. The summed E-state index contributed by atoms with van der Waals surface area (Å²) < 4.78 is 13.9. The maximum atomic E-state index is 13.9. The molecule has 0 saturated heterocycles. The van der Waals surface area contributed by atoms with E-state index in [9.17, 15) is 9.28 Å². The molecule has 1 amide bonds. The molecule has 0 radical (unpaired) electrons. The van der Waals surface area contributed by atoms with Crippen LogP contribution in [0.1, 0.15) is 11.1 Å². The van der Waals surface area contributed by atoms with Crippen LogP contribution >= 0.6 is 0 Å². The summed E-state index contributed by atoms with van der Waals surface area (Å²) in [6.07, 6.45) is 0. The molecule has 0 aromatic heterocycles. The molecule has 1 heterocycles. The van der Waals surface area contributed by atoms with Gasteiger partial charge in [-0.15, -0.1) is 5.12 Å². The number of para-hydroxylation sites is 1. The normalized spacial score (nSPS) is 14.7. The van der Waals surface area contributed by atoms with Crippen LogP contribution in [-0.4, -0.2) is 18.2 Å². The van der Waals surface area contributed by atoms with Crippen molar-refractivity contribution in [3.8, 4) is 0 Å². The van der Waals surface area contributed by atoms with Crippen molar-refractivity contribution in [2.75, 3.05) is 11.7 Å². The number of hydrogen-bond acceptors (Lipinski definition) is 2. The van der Waals surface area contributed by atoms with E-state index in [-0.39, 0.29) is 17.4 Å². The average molecular weight is 254 g/mol. The van der Waals surface area contributed by atoms with Crippen molar-refractivity contribution in [3.05, 3.63) is 65.7 Å². The minimum atomic E-state index is -0.654. The third-order valence-corrected chi connectivity index (χ3v) is 3.01. The van der Waals surface area contributed by atoms with Crippen LogP contribution in [0.3, 0.4) is 0 Å². The number of anilines is 1. The minimum Gasteiger partial charge on any atom is -0.274 e. The van der Waals surface area contributed by atoms with Crippen molar-refractivity contribution in [3.63, 3.8) is 0 Å². The predicted molar refractivity (Wildman–Crippen MR) is 72.0 cm³/mol. The van der Waals surface area contributed by atoms with Crippen LogP contribution in [0, 0.1) is 0 Å². The van der Waals surface area contributed by atoms with Crippen molar-refractivity contribution in [1.29, 1.82) is 0 Å². The minimum absolute atomic E-state index is 0.175. The Bertz CT molecular complexity index is 652. The van der Waals surface area contributed by atoms with Crippen molar-refractivity contribution in [1.82, 2.24) is 0 Å². The van der Waals surface area contributed by atoms with Crippen molar-refractivity contribution < 1.29 is 9.28 Å². The first kappa shape index (κ1) is 11.6. The lowest BCUT2D eigenvalue weighted by atomic mass is 10.0. The molecular weight excluding hydrogens is 243 g/mol. The molecule has 0 saturated carbocycles. The van der Waals surface area contributed by atoms with Crippen LogP contribution in [0.25, 0.3) is 0 Å². The molecule has 0 atom stereocenters. The van der Waals surface area contributed by atoms with Gasteiger partial charge in [0.25, 0.3) is 5.91 Å². The zero-order chi connectivity index (χ0) is 13.2. The van der Waals surface area contributed by atoms with Gasteiger partial charge in [-0.05, 0) is 6.07 Å². The monoisotopic (exact) mass is 254 g/mol. The van der Waals surface area contributed by atoms with E-state index in [1.54, 1.807) is 24.3 Å². The van der Waals surface area contributed by atoms with Gasteiger partial charge in [-0.3, -0.25) is 9.79 Å². The van der Waals surface area contributed by atoms with Gasteiger partial charge in [0.15, 0.2) is 0 Å². The van der Waals surface area contributed by atoms with Crippen LogP contribution in [-0.2, 0) is 4.79 Å². The van der Waals surface area contributed by atoms with Crippen LogP contribution in [0.2, 0.25) is 0 Å². The molecule has 0 aliphatic carbocycles. The molecule has 1 aliphatic rings. The molecule has 2 aromatic carbocycles. The number of rotatable bonds is 1. The Kier molecular flexibility index (Phi) is 2.83. The third kappa shape index (κ3) is 2.01. The van der Waals surface area contributed by atoms with Gasteiger partial charge in [0.2, 0.25) is 0 Å². The highest BCUT2D eigenvalue weighted by Gasteiger charge is 2.24. The van der Waals surface area contributed by atoms with Gasteiger partial charge in [0, 0.05) is 11.1 Å². The van der Waals surface area contributed by atoms with E-state index in [4.69, 9.17) is 0 Å². The number of fused-ring (bicyclic) bond motifs is 1. The van der Waals surface area contributed by atoms with Crippen molar-refractivity contribution >= 4 is 17.3 Å². The maximum Gasteiger partial charge on any atom is 0.276 e. The van der Waals surface area contributed by atoms with E-state index in [2.05, 4.69) is 4.99 Å². The fourth-order valence-electron chi connectivity index (χ4n) is 2.12. The summed E-state index contributed by atoms with van der Waals surface area (Å²) in [4.78, 5) is 15.8. The second kappa shape index (κ2) is 4.65. The summed E-state index contributed by atoms with van der Waals surface area (Å²) >= 11 is 0. The van der Waals surface area contributed by atoms with E-state index in [0.717, 1.165) is 5.56 Å². The first-order valence-electron chi connectivity index (χ1n) is 5.95. The summed E-state index contributed by atoms with van der Waals surface area (Å²) in [5.74, 6) is -0.654. The molecule has 19 heavy (non-hydrogen) atoms. The lowest BCUT2D eigenvalue weighted by Gasteiger charge is -2.12. The molecule has 3 rings (SSSR count). The number of hydrogen-bond donors (Lipinski definition) is 0. The summed E-state index contributed by atoms with van der Waals surface area (Å²) in [7, 11) is 0. The average Bonchev–Trinajstić information content (AvgIpc) is 2.59. The van der Waals surface area contributed by atoms with E-state index in [1.165, 1.54) is 0 Å². The Morgan fingerprint density at radius 1 is 1.00 bits per heavy atom. The van der Waals surface area contributed by atoms with Crippen LogP contribution in [0.5, 0.6) is 0 Å². The third-order valence-electron chi connectivity index (χ3n) is 3.01. The Labute approximate surface area is 109 Å². The van der Waals surface area contributed by atoms with Crippen LogP contribution in [0.15, 0.2) is 59.6 Å². The standard InChI is InChI=1S/C15H11FN2O/c16-18-13-9-5-4-8-12(13)15(17-10-14(18)19)11-6-2-1-3-7-11/h1-9H,10H2. The summed E-state index contributed by atoms with van der Waals surface area (Å²) in [6.45, 7) is -0.185. The quantitative estimate of drug-likeness (QED) is 0.720. The number of carbonyl (C=O) groups excluding carboxylic acids is 1. The van der Waals surface area contributed by atoms with E-state index < -0.39 is 5.91 Å². The lowest BCUT2D eigenvalue weighted by Crippen LogP contribution is -2.23. The summed E-state index contributed by atoms with van der Waals surface area (Å²) in [6, 6.07) is 16.3. The Hall–Kier alpha value is -2.49. The van der Waals surface area contributed by atoms with Crippen LogP contribution < -0.4 is 5.12 Å². The van der Waals surface area contributed by atoms with Gasteiger partial charge >= 0.3 is 0 Å². The molecule has 94 valence electrons. The van der Waals surface area contributed by atoms with Crippen molar-refractivity contribution in [2.45, 2.75) is 0 Å². The highest BCUT2D eigenvalue weighted by Crippen LogP contribution is 2.26. The van der Waals surface area contributed by atoms with E-state index in [0.29, 0.717) is 11.3 Å². The number of carbonyl (C=O) groups is 1. The highest BCUT2D eigenvalue weighted by atomic mass is 19.2. The number of benzodiazepines with no additional fused rings is 1. The van der Waals surface area contributed by atoms with Gasteiger partial charge in [-0.25, -0.2) is 0 Å². The zero-order valence-electron chi connectivity index (χ0n) is 10.1. The van der Waals surface area contributed by atoms with Gasteiger partial charge in [0.1, 0.15) is 6.54 Å². The molecule has 3 nitrogen and oxygen atoms in total. The molecule has 2 aromatic rings. The Morgan fingerprint density at radius 3 is 2.47 bits per heavy atom. The fourth-order valence-corrected chi connectivity index (χ4v) is 2.12. The summed E-state index contributed by atoms with van der Waals surface area (Å²) in [5, 5.41) is 0.175. The largest absolute Gasteiger partial charge is 0.276 e. The van der Waals surface area contributed by atoms with Gasteiger partial charge < -0.3 is 0 Å². The molecule has 0 fully saturated rings. The molecule has 4 heteroatoms. The van der Waals surface area contributed by atoms with Gasteiger partial charge in [0.05, 0.1) is 11.4 Å². The first-order valence-corrected chi connectivity index (χ1v) is 5.95. The predicted octanol–water partition coefficient (Wildman–Crippen LogP) is 2.76. The van der Waals surface area contributed by atoms with Gasteiger partial charge in [-0.2, -0.15) is 0 Å². The second-order valence-corrected chi connectivity index (χ2v) is 4.22. The number of nitrogens with zero attached hydrogens (tertiary/aromatic N) is 2. The van der Waals surface area contributed by atoms with E-state index >= 15 is 0 Å². The number of amides is 1. The SMILES string of the molecule is O=C1CN=C(c2ccccc2)c2ccccc2N1F. The second-order valence-electron chi connectivity index (χ2n) is 4.22. The molecule has 0 N–H and O–H groups in total. The topological polar surface area (TPSA) is 32.7 Å². The zero-order valence-corrected chi connectivity index (χ0v) is 10.1. The Morgan fingerprint density at radius 2 is 1.68 bits per heavy atom. The lowest BCUT2D eigenvalue weighted by molar-refractivity contribution is -0.119. The first-order chi connectivity index (χ1) is 9.27. The van der Waals surface area contributed by atoms with Crippen LogP contribution in [0.4, 0.5) is 10.2 Å². The van der Waals surface area contributed by atoms with Gasteiger partial charge in [-0.1, -0.05) is 53.0 Å². The molecular formula is C15H11FN2O.